The fourth-order valence-electron chi connectivity index (χ4n) is 3.90. The maximum absolute atomic E-state index is 12.4. The number of hydrogen-bond donors (Lipinski definition) is 3. The summed E-state index contributed by atoms with van der Waals surface area (Å²) in [7, 11) is 0. The molecule has 3 fully saturated rings. The molecular weight excluding hydrogens is 342 g/mol. The number of nitrogens with zero attached hydrogens (tertiary/aromatic N) is 1. The topological polar surface area (TPSA) is 113 Å². The summed E-state index contributed by atoms with van der Waals surface area (Å²) in [6.07, 6.45) is 7.22. The van der Waals surface area contributed by atoms with Gasteiger partial charge in [-0.3, -0.25) is 9.59 Å². The van der Waals surface area contributed by atoms with Gasteiger partial charge in [-0.15, -0.1) is 11.8 Å². The molecular formula is C17H25N3O4S. The fraction of sp³-hybridized carbons (Fsp3) is 0.706. The van der Waals surface area contributed by atoms with E-state index in [1.165, 1.54) is 28.7 Å². The third-order valence-electron chi connectivity index (χ3n) is 5.19. The standard InChI is InChI=1S/C17H25N3O4S/c1-17(2)12(16(23)24)20-14(22)11(15(20)25-17)19-13(21)10(18)8-9-6-4-3-5-7-9/h8,10-12,15H,3-7,18H2,1-2H3,(H,19,21)(H,23,24)/t10?,11-,12+,15-/m1/s1. The number of nitrogens with one attached hydrogen (secondary N) is 1. The summed E-state index contributed by atoms with van der Waals surface area (Å²) < 4.78 is -0.599. The number of hydrogen-bond acceptors (Lipinski definition) is 5. The van der Waals surface area contributed by atoms with Gasteiger partial charge in [-0.05, 0) is 39.5 Å². The summed E-state index contributed by atoms with van der Waals surface area (Å²) in [5.41, 5.74) is 7.18. The van der Waals surface area contributed by atoms with Crippen molar-refractivity contribution < 1.29 is 19.5 Å². The Hall–Kier alpha value is -1.54. The third-order valence-corrected chi connectivity index (χ3v) is 6.76. The summed E-state index contributed by atoms with van der Waals surface area (Å²) in [5, 5.41) is 11.8. The van der Waals surface area contributed by atoms with Crippen LogP contribution in [0.15, 0.2) is 11.6 Å². The molecule has 2 aliphatic heterocycles. The van der Waals surface area contributed by atoms with Crippen molar-refractivity contribution in [2.24, 2.45) is 5.73 Å². The number of rotatable bonds is 4. The first kappa shape index (κ1) is 18.3. The molecule has 0 aromatic heterocycles. The summed E-state index contributed by atoms with van der Waals surface area (Å²) in [5.74, 6) is -1.74. The zero-order chi connectivity index (χ0) is 18.4. The van der Waals surface area contributed by atoms with E-state index in [9.17, 15) is 19.5 Å². The summed E-state index contributed by atoms with van der Waals surface area (Å²) in [4.78, 5) is 37.6. The van der Waals surface area contributed by atoms with Crippen molar-refractivity contribution in [2.45, 2.75) is 74.2 Å². The highest BCUT2D eigenvalue weighted by atomic mass is 32.2. The van der Waals surface area contributed by atoms with Gasteiger partial charge >= 0.3 is 5.97 Å². The van der Waals surface area contributed by atoms with Gasteiger partial charge in [0.2, 0.25) is 11.8 Å². The number of carbonyl (C=O) groups excluding carboxylic acids is 2. The molecule has 25 heavy (non-hydrogen) atoms. The fourth-order valence-corrected chi connectivity index (χ4v) is 5.52. The number of carbonyl (C=O) groups is 3. The minimum Gasteiger partial charge on any atom is -0.480 e. The second kappa shape index (κ2) is 6.64. The molecule has 2 heterocycles. The van der Waals surface area contributed by atoms with Crippen molar-refractivity contribution in [1.82, 2.24) is 10.2 Å². The second-order valence-corrected chi connectivity index (χ2v) is 9.27. The van der Waals surface area contributed by atoms with Gasteiger partial charge in [-0.1, -0.05) is 18.1 Å². The Kier molecular flexibility index (Phi) is 4.85. The molecule has 0 spiro atoms. The quantitative estimate of drug-likeness (QED) is 0.501. The molecule has 1 saturated carbocycles. The number of carboxylic acids is 1. The lowest BCUT2D eigenvalue weighted by molar-refractivity contribution is -0.161. The van der Waals surface area contributed by atoms with Crippen molar-refractivity contribution in [1.29, 1.82) is 0 Å². The predicted molar refractivity (Wildman–Crippen MR) is 94.8 cm³/mol. The van der Waals surface area contributed by atoms with Crippen molar-refractivity contribution in [3.63, 3.8) is 0 Å². The van der Waals surface area contributed by atoms with Crippen molar-refractivity contribution in [3.05, 3.63) is 11.6 Å². The molecule has 1 aliphatic carbocycles. The van der Waals surface area contributed by atoms with E-state index in [1.54, 1.807) is 19.9 Å². The number of amides is 2. The van der Waals surface area contributed by atoms with Crippen LogP contribution in [0.5, 0.6) is 0 Å². The lowest BCUT2D eigenvalue weighted by Gasteiger charge is -2.43. The molecule has 1 unspecified atom stereocenters. The Bertz CT molecular complexity index is 625. The van der Waals surface area contributed by atoms with Crippen LogP contribution in [-0.2, 0) is 14.4 Å². The van der Waals surface area contributed by atoms with Crippen LogP contribution >= 0.6 is 11.8 Å². The Morgan fingerprint density at radius 1 is 1.36 bits per heavy atom. The number of fused-ring (bicyclic) bond motifs is 1. The highest BCUT2D eigenvalue weighted by molar-refractivity contribution is 8.01. The molecule has 4 atom stereocenters. The van der Waals surface area contributed by atoms with Gasteiger partial charge in [-0.25, -0.2) is 4.79 Å². The highest BCUT2D eigenvalue weighted by Crippen LogP contribution is 2.50. The van der Waals surface area contributed by atoms with Crippen molar-refractivity contribution in [2.75, 3.05) is 0 Å². The van der Waals surface area contributed by atoms with E-state index < -0.39 is 28.8 Å². The average Bonchev–Trinajstić information content (AvgIpc) is 2.81. The van der Waals surface area contributed by atoms with E-state index >= 15 is 0 Å². The first-order chi connectivity index (χ1) is 11.7. The molecule has 0 aromatic carbocycles. The summed E-state index contributed by atoms with van der Waals surface area (Å²) in [6, 6.07) is -2.34. The molecule has 138 valence electrons. The van der Waals surface area contributed by atoms with Gasteiger partial charge < -0.3 is 21.1 Å². The van der Waals surface area contributed by atoms with Crippen molar-refractivity contribution >= 4 is 29.5 Å². The Morgan fingerprint density at radius 3 is 2.60 bits per heavy atom. The zero-order valence-corrected chi connectivity index (χ0v) is 15.3. The molecule has 0 bridgehead atoms. The molecule has 0 aromatic rings. The van der Waals surface area contributed by atoms with Crippen LogP contribution < -0.4 is 11.1 Å². The van der Waals surface area contributed by atoms with Crippen LogP contribution in [0.1, 0.15) is 46.0 Å². The van der Waals surface area contributed by atoms with Crippen LogP contribution in [0.25, 0.3) is 0 Å². The summed E-state index contributed by atoms with van der Waals surface area (Å²) >= 11 is 1.41. The van der Waals surface area contributed by atoms with E-state index in [-0.39, 0.29) is 17.2 Å². The Labute approximate surface area is 151 Å². The molecule has 3 aliphatic rings. The number of β-lactam (4-membered cyclic amide) rings is 1. The maximum Gasteiger partial charge on any atom is 0.327 e. The lowest BCUT2D eigenvalue weighted by Crippen LogP contribution is -2.71. The van der Waals surface area contributed by atoms with Crippen LogP contribution in [0.2, 0.25) is 0 Å². The predicted octanol–water partition coefficient (Wildman–Crippen LogP) is 0.836. The first-order valence-electron chi connectivity index (χ1n) is 8.70. The molecule has 4 N–H and O–H groups in total. The molecule has 3 rings (SSSR count). The second-order valence-electron chi connectivity index (χ2n) is 7.50. The van der Waals surface area contributed by atoms with E-state index in [4.69, 9.17) is 5.73 Å². The van der Waals surface area contributed by atoms with Gasteiger partial charge in [0.15, 0.2) is 0 Å². The van der Waals surface area contributed by atoms with Gasteiger partial charge in [0.05, 0.1) is 0 Å². The smallest absolute Gasteiger partial charge is 0.327 e. The number of carboxylic acid groups (broad SMARTS) is 1. The van der Waals surface area contributed by atoms with Crippen LogP contribution in [0, 0.1) is 0 Å². The van der Waals surface area contributed by atoms with Gasteiger partial charge in [-0.2, -0.15) is 0 Å². The molecule has 8 heteroatoms. The number of aliphatic carboxylic acids is 1. The Morgan fingerprint density at radius 2 is 2.00 bits per heavy atom. The number of nitrogens with two attached hydrogens (primary N) is 1. The normalized spacial score (nSPS) is 31.8. The average molecular weight is 367 g/mol. The minimum atomic E-state index is -1.02. The zero-order valence-electron chi connectivity index (χ0n) is 14.5. The first-order valence-corrected chi connectivity index (χ1v) is 9.58. The molecule has 0 radical (unpaired) electrons. The third kappa shape index (κ3) is 3.29. The summed E-state index contributed by atoms with van der Waals surface area (Å²) in [6.45, 7) is 3.61. The Balaban J connectivity index is 1.63. The minimum absolute atomic E-state index is 0.345. The van der Waals surface area contributed by atoms with Crippen molar-refractivity contribution in [3.8, 4) is 0 Å². The number of thioether (sulfide) groups is 1. The monoisotopic (exact) mass is 367 g/mol. The highest BCUT2D eigenvalue weighted by Gasteiger charge is 2.64. The largest absolute Gasteiger partial charge is 0.480 e. The molecule has 2 amide bonds. The van der Waals surface area contributed by atoms with E-state index in [0.717, 1.165) is 25.7 Å². The molecule has 7 nitrogen and oxygen atoms in total. The van der Waals surface area contributed by atoms with Crippen LogP contribution in [0.4, 0.5) is 0 Å². The van der Waals surface area contributed by atoms with Gasteiger partial charge in [0.1, 0.15) is 23.5 Å². The lowest BCUT2D eigenvalue weighted by atomic mass is 9.93. The van der Waals surface area contributed by atoms with Gasteiger partial charge in [0.25, 0.3) is 0 Å². The van der Waals surface area contributed by atoms with E-state index in [2.05, 4.69) is 5.32 Å². The van der Waals surface area contributed by atoms with Gasteiger partial charge in [0, 0.05) is 4.75 Å². The SMILES string of the molecule is CC1(C)S[C@@H]2[C@H](NC(=O)C(N)C=C3CCCCC3)C(=O)N2[C@H]1C(=O)O. The maximum atomic E-state index is 12.4. The molecule has 2 saturated heterocycles. The van der Waals surface area contributed by atoms with E-state index in [0.29, 0.717) is 0 Å². The van der Waals surface area contributed by atoms with Crippen LogP contribution in [0.3, 0.4) is 0 Å². The number of allylic oxidation sites excluding steroid dienone is 1. The van der Waals surface area contributed by atoms with E-state index in [1.807, 2.05) is 0 Å². The van der Waals surface area contributed by atoms with Crippen LogP contribution in [-0.4, -0.2) is 56.0 Å².